The van der Waals surface area contributed by atoms with E-state index in [1.165, 1.54) is 24.0 Å². The number of nitrogens with one attached hydrogen (secondary N) is 1. The number of rotatable bonds is 7. The van der Waals surface area contributed by atoms with Gasteiger partial charge in [0.05, 0.1) is 29.0 Å². The molecule has 2 aromatic heterocycles. The van der Waals surface area contributed by atoms with Crippen LogP contribution >= 0.6 is 22.9 Å². The van der Waals surface area contributed by atoms with Crippen molar-refractivity contribution in [2.24, 2.45) is 0 Å². The lowest BCUT2D eigenvalue weighted by Gasteiger charge is -2.10. The van der Waals surface area contributed by atoms with Crippen LogP contribution in [0.2, 0.25) is 5.02 Å². The van der Waals surface area contributed by atoms with E-state index in [1.54, 1.807) is 12.3 Å². The number of halogens is 2. The normalized spacial score (nSPS) is 12.1. The molecule has 6 rings (SSSR count). The average molecular weight is 577 g/mol. The molecular formula is C29H22ClFN4O4S. The topological polar surface area (TPSA) is 95.5 Å². The lowest BCUT2D eigenvalue weighted by atomic mass is 10.1. The van der Waals surface area contributed by atoms with Crippen LogP contribution < -0.4 is 14.8 Å². The summed E-state index contributed by atoms with van der Waals surface area (Å²) in [5, 5.41) is 3.15. The number of hydrogen-bond acceptors (Lipinski definition) is 8. The molecule has 1 aliphatic rings. The van der Waals surface area contributed by atoms with Crippen molar-refractivity contribution in [1.82, 2.24) is 15.0 Å². The van der Waals surface area contributed by atoms with Crippen molar-refractivity contribution in [3.05, 3.63) is 76.2 Å². The van der Waals surface area contributed by atoms with E-state index in [0.717, 1.165) is 23.1 Å². The molecule has 1 amide bonds. The van der Waals surface area contributed by atoms with E-state index in [1.807, 2.05) is 43.3 Å². The Bertz CT molecular complexity index is 1820. The number of aryl methyl sites for hydroxylation is 1. The number of carbonyl (C=O) groups is 1. The van der Waals surface area contributed by atoms with Crippen LogP contribution in [0.4, 0.5) is 14.9 Å². The maximum absolute atomic E-state index is 15.1. The summed E-state index contributed by atoms with van der Waals surface area (Å²) in [5.41, 5.74) is 6.25. The minimum atomic E-state index is -0.736. The van der Waals surface area contributed by atoms with E-state index in [-0.39, 0.29) is 24.0 Å². The van der Waals surface area contributed by atoms with E-state index in [9.17, 15) is 4.79 Å². The van der Waals surface area contributed by atoms with Crippen LogP contribution in [0, 0.1) is 12.7 Å². The molecule has 0 fully saturated rings. The predicted octanol–water partition coefficient (Wildman–Crippen LogP) is 7.21. The van der Waals surface area contributed by atoms with Gasteiger partial charge in [-0.2, -0.15) is 0 Å². The predicted molar refractivity (Wildman–Crippen MR) is 154 cm³/mol. The van der Waals surface area contributed by atoms with Crippen molar-refractivity contribution in [2.45, 2.75) is 13.3 Å². The van der Waals surface area contributed by atoms with Crippen molar-refractivity contribution in [2.75, 3.05) is 25.6 Å². The Morgan fingerprint density at radius 3 is 2.88 bits per heavy atom. The van der Waals surface area contributed by atoms with Gasteiger partial charge in [-0.25, -0.2) is 24.1 Å². The second kappa shape index (κ2) is 10.7. The highest BCUT2D eigenvalue weighted by atomic mass is 35.5. The Kier molecular flexibility index (Phi) is 6.95. The van der Waals surface area contributed by atoms with Crippen LogP contribution in [0.15, 0.2) is 48.7 Å². The molecule has 0 aliphatic heterocycles. The minimum Gasteiger partial charge on any atom is -0.487 e. The molecule has 0 saturated heterocycles. The molecule has 11 heteroatoms. The van der Waals surface area contributed by atoms with Gasteiger partial charge in [0.15, 0.2) is 11.6 Å². The first kappa shape index (κ1) is 26.0. The fourth-order valence-corrected chi connectivity index (χ4v) is 5.79. The van der Waals surface area contributed by atoms with Gasteiger partial charge in [0.1, 0.15) is 28.8 Å². The first-order chi connectivity index (χ1) is 19.4. The van der Waals surface area contributed by atoms with Crippen LogP contribution in [0.1, 0.15) is 16.7 Å². The van der Waals surface area contributed by atoms with Gasteiger partial charge >= 0.3 is 6.09 Å². The Hall–Kier alpha value is -4.28. The van der Waals surface area contributed by atoms with Crippen LogP contribution in [0.5, 0.6) is 11.6 Å². The molecule has 0 spiro atoms. The third kappa shape index (κ3) is 5.03. The Morgan fingerprint density at radius 1 is 1.15 bits per heavy atom. The molecule has 202 valence electrons. The number of amides is 1. The molecule has 2 heterocycles. The number of allylic oxidation sites excluding steroid dienone is 1. The highest BCUT2D eigenvalue weighted by Crippen LogP contribution is 2.40. The largest absolute Gasteiger partial charge is 0.487 e. The van der Waals surface area contributed by atoms with E-state index < -0.39 is 11.9 Å². The average Bonchev–Trinajstić information content (AvgIpc) is 3.59. The molecule has 0 bridgehead atoms. The van der Waals surface area contributed by atoms with Gasteiger partial charge in [-0.1, -0.05) is 29.8 Å². The third-order valence-corrected chi connectivity index (χ3v) is 7.72. The molecule has 1 aliphatic carbocycles. The van der Waals surface area contributed by atoms with Gasteiger partial charge in [0, 0.05) is 17.3 Å². The van der Waals surface area contributed by atoms with Gasteiger partial charge in [-0.3, -0.25) is 5.32 Å². The van der Waals surface area contributed by atoms with Crippen molar-refractivity contribution in [1.29, 1.82) is 0 Å². The van der Waals surface area contributed by atoms with Crippen molar-refractivity contribution >= 4 is 62.0 Å². The lowest BCUT2D eigenvalue weighted by Crippen LogP contribution is -2.18. The maximum Gasteiger partial charge on any atom is 0.411 e. The SMILES string of the molecule is COc1cnc2c(-c3nc4c(Cl)c(F)c(OCCOC(=O)Nc5ccc6c(c5)C=CC6)cc4s3)cc(C)cc2n1. The Morgan fingerprint density at radius 2 is 2.02 bits per heavy atom. The van der Waals surface area contributed by atoms with Gasteiger partial charge < -0.3 is 14.2 Å². The fourth-order valence-electron chi connectivity index (χ4n) is 4.48. The number of nitrogens with zero attached hydrogens (tertiary/aromatic N) is 3. The number of carbonyl (C=O) groups excluding carboxylic acids is 1. The summed E-state index contributed by atoms with van der Waals surface area (Å²) in [7, 11) is 1.53. The number of benzene rings is 3. The highest BCUT2D eigenvalue weighted by Gasteiger charge is 2.20. The number of hydrogen-bond donors (Lipinski definition) is 1. The van der Waals surface area contributed by atoms with Crippen molar-refractivity contribution in [3.63, 3.8) is 0 Å². The number of fused-ring (bicyclic) bond motifs is 3. The Balaban J connectivity index is 1.16. The molecular weight excluding hydrogens is 555 g/mol. The van der Waals surface area contributed by atoms with Gasteiger partial charge in [-0.15, -0.1) is 11.3 Å². The summed E-state index contributed by atoms with van der Waals surface area (Å²) < 4.78 is 31.7. The molecule has 5 aromatic rings. The molecule has 8 nitrogen and oxygen atoms in total. The lowest BCUT2D eigenvalue weighted by molar-refractivity contribution is 0.136. The summed E-state index contributed by atoms with van der Waals surface area (Å²) in [4.78, 5) is 25.8. The highest BCUT2D eigenvalue weighted by molar-refractivity contribution is 7.21. The molecule has 0 saturated carbocycles. The summed E-state index contributed by atoms with van der Waals surface area (Å²) >= 11 is 7.69. The molecule has 0 unspecified atom stereocenters. The molecule has 0 radical (unpaired) electrons. The minimum absolute atomic E-state index is 0.0549. The second-order valence-corrected chi connectivity index (χ2v) is 10.5. The third-order valence-electron chi connectivity index (χ3n) is 6.34. The van der Waals surface area contributed by atoms with Crippen molar-refractivity contribution in [3.8, 4) is 22.2 Å². The summed E-state index contributed by atoms with van der Waals surface area (Å²) in [5.74, 6) is -0.386. The first-order valence-electron chi connectivity index (χ1n) is 12.4. The van der Waals surface area contributed by atoms with Crippen molar-refractivity contribution < 1.29 is 23.4 Å². The van der Waals surface area contributed by atoms with Crippen LogP contribution in [-0.2, 0) is 11.2 Å². The van der Waals surface area contributed by atoms with Crippen LogP contribution in [0.25, 0.3) is 37.9 Å². The molecule has 0 atom stereocenters. The van der Waals surface area contributed by atoms with Crippen LogP contribution in [0.3, 0.4) is 0 Å². The zero-order chi connectivity index (χ0) is 27.8. The summed E-state index contributed by atoms with van der Waals surface area (Å²) in [6.45, 7) is 1.79. The van der Waals surface area contributed by atoms with E-state index in [4.69, 9.17) is 25.8 Å². The first-order valence-corrected chi connectivity index (χ1v) is 13.6. The number of thiazole rings is 1. The van der Waals surface area contributed by atoms with Crippen LogP contribution in [-0.4, -0.2) is 41.4 Å². The second-order valence-electron chi connectivity index (χ2n) is 9.09. The smallest absolute Gasteiger partial charge is 0.411 e. The number of aromatic nitrogens is 3. The maximum atomic E-state index is 15.1. The van der Waals surface area contributed by atoms with Gasteiger partial charge in [-0.05, 0) is 54.3 Å². The van der Waals surface area contributed by atoms with E-state index in [0.29, 0.717) is 37.8 Å². The zero-order valence-electron chi connectivity index (χ0n) is 21.5. The number of ether oxygens (including phenoxy) is 3. The van der Waals surface area contributed by atoms with Gasteiger partial charge in [0.25, 0.3) is 0 Å². The standard InChI is InChI=1S/C29H22ClFN4O4S/c1-15-10-19(26-20(11-15)34-23(37-2)14-32-26)28-35-27-22(40-28)13-21(25(31)24(27)30)38-8-9-39-29(36)33-18-7-6-16-4-3-5-17(16)12-18/h3,5-7,10-14H,4,8-9H2,1-2H3,(H,33,36). The number of methoxy groups -OCH3 is 1. The van der Waals surface area contributed by atoms with Gasteiger partial charge in [0.2, 0.25) is 5.88 Å². The molecule has 3 aromatic carbocycles. The fraction of sp³-hybridized carbons (Fsp3) is 0.172. The molecule has 40 heavy (non-hydrogen) atoms. The summed E-state index contributed by atoms with van der Waals surface area (Å²) in [6, 6.07) is 11.1. The quantitative estimate of drug-likeness (QED) is 0.204. The van der Waals surface area contributed by atoms with E-state index >= 15 is 4.39 Å². The molecule has 1 N–H and O–H groups in total. The summed E-state index contributed by atoms with van der Waals surface area (Å²) in [6.07, 6.45) is 5.88. The monoisotopic (exact) mass is 576 g/mol. The Labute approximate surface area is 237 Å². The zero-order valence-corrected chi connectivity index (χ0v) is 23.0. The van der Waals surface area contributed by atoms with E-state index in [2.05, 4.69) is 26.3 Å². The number of anilines is 1.